The average Bonchev–Trinajstić information content (AvgIpc) is 2.27. The van der Waals surface area contributed by atoms with E-state index in [1.807, 2.05) is 42.5 Å². The van der Waals surface area contributed by atoms with Gasteiger partial charge in [-0.2, -0.15) is 0 Å². The zero-order valence-corrected chi connectivity index (χ0v) is 9.01. The fourth-order valence-electron chi connectivity index (χ4n) is 1.66. The van der Waals surface area contributed by atoms with Gasteiger partial charge in [-0.15, -0.1) is 12.4 Å². The number of hydrogen-bond acceptors (Lipinski definition) is 1. The minimum atomic E-state index is -0.520. The van der Waals surface area contributed by atoms with Crippen LogP contribution in [0.3, 0.4) is 0 Å². The summed E-state index contributed by atoms with van der Waals surface area (Å²) in [6.07, 6.45) is 0. The van der Waals surface area contributed by atoms with Crippen LogP contribution < -0.4 is 5.73 Å². The van der Waals surface area contributed by atoms with E-state index in [9.17, 15) is 4.39 Å². The summed E-state index contributed by atoms with van der Waals surface area (Å²) in [6, 6.07) is 13.2. The van der Waals surface area contributed by atoms with Crippen LogP contribution in [-0.4, -0.2) is 6.67 Å². The summed E-state index contributed by atoms with van der Waals surface area (Å²) in [5, 5.41) is 2.15. The third-order valence-corrected chi connectivity index (χ3v) is 2.39. The van der Waals surface area contributed by atoms with Crippen LogP contribution in [0.15, 0.2) is 42.5 Å². The van der Waals surface area contributed by atoms with Gasteiger partial charge in [-0.05, 0) is 16.3 Å². The molecule has 0 amide bonds. The first kappa shape index (κ1) is 12.0. The topological polar surface area (TPSA) is 26.0 Å². The van der Waals surface area contributed by atoms with Gasteiger partial charge in [0.05, 0.1) is 6.04 Å². The predicted molar refractivity (Wildman–Crippen MR) is 64.1 cm³/mol. The first-order chi connectivity index (χ1) is 6.83. The Kier molecular flexibility index (Phi) is 4.06. The molecule has 1 atom stereocenters. The molecule has 0 aliphatic carbocycles. The van der Waals surface area contributed by atoms with E-state index in [2.05, 4.69) is 0 Å². The van der Waals surface area contributed by atoms with Crippen molar-refractivity contribution >= 4 is 23.2 Å². The molecule has 3 heteroatoms. The number of nitrogens with two attached hydrogens (primary N) is 1. The molecule has 1 nitrogen and oxygen atoms in total. The molecule has 2 rings (SSSR count). The van der Waals surface area contributed by atoms with Gasteiger partial charge in [0.1, 0.15) is 6.67 Å². The Bertz CT molecular complexity index is 439. The molecule has 0 aliphatic rings. The molecular formula is C12H13ClFN. The first-order valence-corrected chi connectivity index (χ1v) is 4.62. The monoisotopic (exact) mass is 225 g/mol. The maximum absolute atomic E-state index is 12.5. The van der Waals surface area contributed by atoms with Crippen molar-refractivity contribution in [3.8, 4) is 0 Å². The number of rotatable bonds is 2. The smallest absolute Gasteiger partial charge is 0.109 e. The fourth-order valence-corrected chi connectivity index (χ4v) is 1.66. The van der Waals surface area contributed by atoms with Gasteiger partial charge in [0, 0.05) is 0 Å². The standard InChI is InChI=1S/C12H12FN.ClH/c13-8-12(14)11-7-3-5-9-4-1-2-6-10(9)11;/h1-7,12H,8,14H2;1H. The summed E-state index contributed by atoms with van der Waals surface area (Å²) in [5.41, 5.74) is 6.57. The van der Waals surface area contributed by atoms with E-state index in [0.29, 0.717) is 0 Å². The van der Waals surface area contributed by atoms with Crippen molar-refractivity contribution in [2.75, 3.05) is 6.67 Å². The molecule has 2 N–H and O–H groups in total. The molecule has 80 valence electrons. The van der Waals surface area contributed by atoms with Gasteiger partial charge in [0.25, 0.3) is 0 Å². The molecule has 0 saturated heterocycles. The lowest BCUT2D eigenvalue weighted by atomic mass is 10.00. The molecule has 0 fully saturated rings. The molecule has 15 heavy (non-hydrogen) atoms. The molecule has 0 saturated carbocycles. The molecule has 0 spiro atoms. The number of benzene rings is 2. The van der Waals surface area contributed by atoms with Crippen molar-refractivity contribution in [2.24, 2.45) is 5.73 Å². The highest BCUT2D eigenvalue weighted by Gasteiger charge is 2.08. The Hall–Kier alpha value is -1.12. The van der Waals surface area contributed by atoms with Crippen LogP contribution in [0, 0.1) is 0 Å². The number of alkyl halides is 1. The highest BCUT2D eigenvalue weighted by Crippen LogP contribution is 2.22. The van der Waals surface area contributed by atoms with E-state index in [0.717, 1.165) is 16.3 Å². The van der Waals surface area contributed by atoms with Crippen molar-refractivity contribution in [3.05, 3.63) is 48.0 Å². The number of hydrogen-bond donors (Lipinski definition) is 1. The lowest BCUT2D eigenvalue weighted by Gasteiger charge is -2.10. The van der Waals surface area contributed by atoms with E-state index >= 15 is 0 Å². The third-order valence-electron chi connectivity index (χ3n) is 2.39. The van der Waals surface area contributed by atoms with Crippen LogP contribution in [0.2, 0.25) is 0 Å². The van der Waals surface area contributed by atoms with Gasteiger partial charge in [0.15, 0.2) is 0 Å². The second kappa shape index (κ2) is 5.10. The molecule has 0 radical (unpaired) electrons. The van der Waals surface area contributed by atoms with Crippen molar-refractivity contribution < 1.29 is 4.39 Å². The normalized spacial score (nSPS) is 12.1. The summed E-state index contributed by atoms with van der Waals surface area (Å²) in [4.78, 5) is 0. The predicted octanol–water partition coefficient (Wildman–Crippen LogP) is 3.23. The molecule has 0 heterocycles. The molecule has 0 bridgehead atoms. The summed E-state index contributed by atoms with van der Waals surface area (Å²) in [7, 11) is 0. The van der Waals surface area contributed by atoms with Gasteiger partial charge in [-0.1, -0.05) is 42.5 Å². The summed E-state index contributed by atoms with van der Waals surface area (Å²) < 4.78 is 12.5. The summed E-state index contributed by atoms with van der Waals surface area (Å²) in [5.74, 6) is 0. The third kappa shape index (κ3) is 2.28. The quantitative estimate of drug-likeness (QED) is 0.835. The van der Waals surface area contributed by atoms with Gasteiger partial charge in [0.2, 0.25) is 0 Å². The van der Waals surface area contributed by atoms with Gasteiger partial charge < -0.3 is 5.73 Å². The Morgan fingerprint density at radius 1 is 1.07 bits per heavy atom. The molecule has 1 unspecified atom stereocenters. The second-order valence-corrected chi connectivity index (χ2v) is 3.33. The van der Waals surface area contributed by atoms with Crippen molar-refractivity contribution in [1.29, 1.82) is 0 Å². The Morgan fingerprint density at radius 2 is 1.73 bits per heavy atom. The van der Waals surface area contributed by atoms with Crippen LogP contribution in [0.5, 0.6) is 0 Å². The number of halogens is 2. The largest absolute Gasteiger partial charge is 0.322 e. The van der Waals surface area contributed by atoms with Crippen LogP contribution >= 0.6 is 12.4 Å². The maximum Gasteiger partial charge on any atom is 0.109 e. The minimum absolute atomic E-state index is 0. The van der Waals surface area contributed by atoms with Crippen molar-refractivity contribution in [3.63, 3.8) is 0 Å². The van der Waals surface area contributed by atoms with Crippen molar-refractivity contribution in [2.45, 2.75) is 6.04 Å². The van der Waals surface area contributed by atoms with E-state index in [4.69, 9.17) is 5.73 Å². The zero-order chi connectivity index (χ0) is 9.97. The van der Waals surface area contributed by atoms with E-state index in [1.54, 1.807) is 0 Å². The molecule has 0 aliphatic heterocycles. The summed E-state index contributed by atoms with van der Waals surface area (Å²) in [6.45, 7) is -0.520. The van der Waals surface area contributed by atoms with Crippen LogP contribution in [0.4, 0.5) is 4.39 Å². The Morgan fingerprint density at radius 3 is 2.47 bits per heavy atom. The fraction of sp³-hybridized carbons (Fsp3) is 0.167. The summed E-state index contributed by atoms with van der Waals surface area (Å²) >= 11 is 0. The lowest BCUT2D eigenvalue weighted by molar-refractivity contribution is 0.438. The highest BCUT2D eigenvalue weighted by molar-refractivity contribution is 5.86. The van der Waals surface area contributed by atoms with Crippen LogP contribution in [0.25, 0.3) is 10.8 Å². The van der Waals surface area contributed by atoms with Gasteiger partial charge in [-0.3, -0.25) is 0 Å². The molecule has 0 aromatic heterocycles. The Balaban J connectivity index is 0.00000112. The van der Waals surface area contributed by atoms with E-state index in [1.165, 1.54) is 0 Å². The first-order valence-electron chi connectivity index (χ1n) is 4.62. The maximum atomic E-state index is 12.5. The zero-order valence-electron chi connectivity index (χ0n) is 8.19. The average molecular weight is 226 g/mol. The van der Waals surface area contributed by atoms with Gasteiger partial charge >= 0.3 is 0 Å². The highest BCUT2D eigenvalue weighted by atomic mass is 35.5. The van der Waals surface area contributed by atoms with E-state index < -0.39 is 12.7 Å². The second-order valence-electron chi connectivity index (χ2n) is 3.33. The minimum Gasteiger partial charge on any atom is -0.322 e. The molecule has 2 aromatic carbocycles. The van der Waals surface area contributed by atoms with Gasteiger partial charge in [-0.25, -0.2) is 4.39 Å². The number of fused-ring (bicyclic) bond motifs is 1. The van der Waals surface area contributed by atoms with E-state index in [-0.39, 0.29) is 12.4 Å². The van der Waals surface area contributed by atoms with Crippen LogP contribution in [-0.2, 0) is 0 Å². The SMILES string of the molecule is Cl.NC(CF)c1cccc2ccccc12. The Labute approximate surface area is 94.5 Å². The lowest BCUT2D eigenvalue weighted by Crippen LogP contribution is -2.12. The van der Waals surface area contributed by atoms with Crippen LogP contribution in [0.1, 0.15) is 11.6 Å². The molecule has 2 aromatic rings. The van der Waals surface area contributed by atoms with Crippen molar-refractivity contribution in [1.82, 2.24) is 0 Å². The molecular weight excluding hydrogens is 213 g/mol.